The molecule has 0 fully saturated rings. The van der Waals surface area contributed by atoms with Crippen molar-refractivity contribution < 1.29 is 18.3 Å². The lowest BCUT2D eigenvalue weighted by atomic mass is 9.90. The molecule has 1 aromatic carbocycles. The second-order valence-electron chi connectivity index (χ2n) is 5.66. The number of benzene rings is 1. The van der Waals surface area contributed by atoms with Gasteiger partial charge in [0.15, 0.2) is 17.5 Å². The molecule has 1 N–H and O–H groups in total. The topological polar surface area (TPSA) is 38.0 Å². The van der Waals surface area contributed by atoms with Crippen LogP contribution in [-0.4, -0.2) is 14.9 Å². The second-order valence-corrected chi connectivity index (χ2v) is 6.01. The van der Waals surface area contributed by atoms with Crippen LogP contribution in [0.15, 0.2) is 12.1 Å². The molecule has 0 saturated carbocycles. The fraction of sp³-hybridized carbons (Fsp3) is 0.357. The first-order valence-electron chi connectivity index (χ1n) is 6.20. The average Bonchev–Trinajstić information content (AvgIpc) is 2.70. The predicted molar refractivity (Wildman–Crippen MR) is 73.1 cm³/mol. The second kappa shape index (κ2) is 5.35. The van der Waals surface area contributed by atoms with Crippen LogP contribution in [0.2, 0.25) is 5.15 Å². The van der Waals surface area contributed by atoms with Gasteiger partial charge in [-0.05, 0) is 0 Å². The van der Waals surface area contributed by atoms with E-state index in [-0.39, 0.29) is 10.8 Å². The van der Waals surface area contributed by atoms with Gasteiger partial charge in [0.2, 0.25) is 0 Å². The number of aliphatic hydroxyl groups is 1. The lowest BCUT2D eigenvalue weighted by molar-refractivity contribution is 0.278. The van der Waals surface area contributed by atoms with Crippen LogP contribution in [0.3, 0.4) is 0 Å². The lowest BCUT2D eigenvalue weighted by Crippen LogP contribution is -2.15. The van der Waals surface area contributed by atoms with E-state index in [2.05, 4.69) is 5.10 Å². The largest absolute Gasteiger partial charge is 0.391 e. The van der Waals surface area contributed by atoms with Crippen LogP contribution >= 0.6 is 11.6 Å². The van der Waals surface area contributed by atoms with Crippen LogP contribution in [0.4, 0.5) is 13.2 Å². The summed E-state index contributed by atoms with van der Waals surface area (Å²) >= 11 is 6.09. The highest BCUT2D eigenvalue weighted by Crippen LogP contribution is 2.32. The minimum Gasteiger partial charge on any atom is -0.391 e. The molecule has 1 heterocycles. The normalized spacial score (nSPS) is 12.0. The minimum atomic E-state index is -1.29. The summed E-state index contributed by atoms with van der Waals surface area (Å²) in [5, 5.41) is 13.5. The molecule has 114 valence electrons. The SMILES string of the molecule is CC(C)(C)c1nn(-c2cc(F)c(F)cc2F)c(Cl)c1CO. The maximum Gasteiger partial charge on any atom is 0.161 e. The molecule has 0 unspecified atom stereocenters. The molecule has 0 bridgehead atoms. The lowest BCUT2D eigenvalue weighted by Gasteiger charge is -2.16. The van der Waals surface area contributed by atoms with Gasteiger partial charge in [0.05, 0.1) is 12.3 Å². The maximum absolute atomic E-state index is 13.8. The maximum atomic E-state index is 13.8. The number of rotatable bonds is 2. The Bertz CT molecular complexity index is 693. The molecule has 0 spiro atoms. The zero-order chi connectivity index (χ0) is 15.9. The third-order valence-electron chi connectivity index (χ3n) is 3.01. The van der Waals surface area contributed by atoms with Gasteiger partial charge in [0.25, 0.3) is 0 Å². The number of aromatic nitrogens is 2. The van der Waals surface area contributed by atoms with Gasteiger partial charge >= 0.3 is 0 Å². The van der Waals surface area contributed by atoms with Crippen LogP contribution < -0.4 is 0 Å². The Hall–Kier alpha value is -1.53. The van der Waals surface area contributed by atoms with Gasteiger partial charge in [-0.1, -0.05) is 32.4 Å². The molecule has 2 aromatic rings. The van der Waals surface area contributed by atoms with Crippen LogP contribution in [0.5, 0.6) is 0 Å². The Labute approximate surface area is 125 Å². The number of aliphatic hydroxyl groups excluding tert-OH is 1. The number of hydrogen-bond acceptors (Lipinski definition) is 2. The van der Waals surface area contributed by atoms with Crippen molar-refractivity contribution >= 4 is 11.6 Å². The van der Waals surface area contributed by atoms with E-state index < -0.39 is 29.5 Å². The Morgan fingerprint density at radius 3 is 2.19 bits per heavy atom. The van der Waals surface area contributed by atoms with Crippen molar-refractivity contribution in [3.8, 4) is 5.69 Å². The summed E-state index contributed by atoms with van der Waals surface area (Å²) in [5.41, 5.74) is 0.0127. The summed E-state index contributed by atoms with van der Waals surface area (Å²) in [6.07, 6.45) is 0. The molecule has 1 aromatic heterocycles. The first kappa shape index (κ1) is 15.9. The van der Waals surface area contributed by atoms with E-state index >= 15 is 0 Å². The van der Waals surface area contributed by atoms with Crippen LogP contribution in [-0.2, 0) is 12.0 Å². The molecule has 0 radical (unpaired) electrons. The van der Waals surface area contributed by atoms with E-state index in [1.807, 2.05) is 20.8 Å². The molecule has 21 heavy (non-hydrogen) atoms. The molecule has 0 aliphatic heterocycles. The highest BCUT2D eigenvalue weighted by molar-refractivity contribution is 6.30. The third kappa shape index (κ3) is 2.78. The first-order valence-corrected chi connectivity index (χ1v) is 6.58. The van der Waals surface area contributed by atoms with Crippen molar-refractivity contribution in [3.63, 3.8) is 0 Å². The summed E-state index contributed by atoms with van der Waals surface area (Å²) in [6, 6.07) is 1.11. The summed E-state index contributed by atoms with van der Waals surface area (Å²) in [5.74, 6) is -3.50. The molecule has 2 rings (SSSR count). The number of hydrogen-bond donors (Lipinski definition) is 1. The fourth-order valence-corrected chi connectivity index (χ4v) is 2.28. The van der Waals surface area contributed by atoms with Gasteiger partial charge in [-0.15, -0.1) is 0 Å². The summed E-state index contributed by atoms with van der Waals surface area (Å²) in [4.78, 5) is 0. The van der Waals surface area contributed by atoms with Gasteiger partial charge < -0.3 is 5.11 Å². The summed E-state index contributed by atoms with van der Waals surface area (Å²) < 4.78 is 41.1. The van der Waals surface area contributed by atoms with Crippen LogP contribution in [0.1, 0.15) is 32.0 Å². The Morgan fingerprint density at radius 2 is 1.71 bits per heavy atom. The summed E-state index contributed by atoms with van der Waals surface area (Å²) in [6.45, 7) is 5.14. The van der Waals surface area contributed by atoms with Crippen molar-refractivity contribution in [2.24, 2.45) is 0 Å². The molecular weight excluding hydrogens is 305 g/mol. The van der Waals surface area contributed by atoms with Crippen molar-refractivity contribution in [2.45, 2.75) is 32.8 Å². The monoisotopic (exact) mass is 318 g/mol. The van der Waals surface area contributed by atoms with Crippen molar-refractivity contribution in [1.29, 1.82) is 0 Å². The Balaban J connectivity index is 2.71. The highest BCUT2D eigenvalue weighted by Gasteiger charge is 2.27. The molecular formula is C14H14ClF3N2O. The van der Waals surface area contributed by atoms with Crippen LogP contribution in [0, 0.1) is 17.5 Å². The van der Waals surface area contributed by atoms with E-state index in [1.54, 1.807) is 0 Å². The molecule has 0 atom stereocenters. The standard InChI is InChI=1S/C14H14ClF3N2O/c1-14(2,3)12-7(6-21)13(15)20(19-12)11-5-9(17)8(16)4-10(11)18/h4-5,21H,6H2,1-3H3. The third-order valence-corrected chi connectivity index (χ3v) is 3.40. The average molecular weight is 319 g/mol. The van der Waals surface area contributed by atoms with Gasteiger partial charge in [-0.3, -0.25) is 0 Å². The summed E-state index contributed by atoms with van der Waals surface area (Å²) in [7, 11) is 0. The van der Waals surface area contributed by atoms with E-state index in [1.165, 1.54) is 0 Å². The van der Waals surface area contributed by atoms with Crippen molar-refractivity contribution in [3.05, 3.63) is 46.0 Å². The molecule has 3 nitrogen and oxygen atoms in total. The minimum absolute atomic E-state index is 0.0349. The Kier molecular flexibility index (Phi) is 4.04. The van der Waals surface area contributed by atoms with Crippen LogP contribution in [0.25, 0.3) is 5.69 Å². The van der Waals surface area contributed by atoms with Gasteiger partial charge in [0, 0.05) is 23.1 Å². The molecule has 0 amide bonds. The van der Waals surface area contributed by atoms with Crippen molar-refractivity contribution in [2.75, 3.05) is 0 Å². The molecule has 7 heteroatoms. The fourth-order valence-electron chi connectivity index (χ4n) is 2.01. The van der Waals surface area contributed by atoms with Gasteiger partial charge in [-0.25, -0.2) is 17.9 Å². The zero-order valence-corrected chi connectivity index (χ0v) is 12.5. The molecule has 0 aliphatic carbocycles. The van der Waals surface area contributed by atoms with E-state index in [4.69, 9.17) is 11.6 Å². The smallest absolute Gasteiger partial charge is 0.161 e. The van der Waals surface area contributed by atoms with E-state index in [9.17, 15) is 18.3 Å². The van der Waals surface area contributed by atoms with Gasteiger partial charge in [0.1, 0.15) is 10.8 Å². The quantitative estimate of drug-likeness (QED) is 0.857. The number of halogens is 4. The molecule has 0 saturated heterocycles. The zero-order valence-electron chi connectivity index (χ0n) is 11.7. The Morgan fingerprint density at radius 1 is 1.14 bits per heavy atom. The highest BCUT2D eigenvalue weighted by atomic mass is 35.5. The van der Waals surface area contributed by atoms with E-state index in [0.29, 0.717) is 23.4 Å². The van der Waals surface area contributed by atoms with Crippen molar-refractivity contribution in [1.82, 2.24) is 9.78 Å². The first-order chi connectivity index (χ1) is 9.66. The van der Waals surface area contributed by atoms with E-state index in [0.717, 1.165) is 4.68 Å². The predicted octanol–water partition coefficient (Wildman–Crippen LogP) is 3.73. The molecule has 0 aliphatic rings. The van der Waals surface area contributed by atoms with Gasteiger partial charge in [-0.2, -0.15) is 5.10 Å². The number of nitrogens with zero attached hydrogens (tertiary/aromatic N) is 2.